The molecule has 96 valence electrons. The van der Waals surface area contributed by atoms with Crippen LogP contribution in [0.25, 0.3) is 11.0 Å². The molecule has 0 aliphatic carbocycles. The van der Waals surface area contributed by atoms with Crippen LogP contribution in [0, 0.1) is 5.92 Å². The average Bonchev–Trinajstić information content (AvgIpc) is 2.67. The summed E-state index contributed by atoms with van der Waals surface area (Å²) >= 11 is 3.36. The third kappa shape index (κ3) is 2.48. The summed E-state index contributed by atoms with van der Waals surface area (Å²) in [6.45, 7) is 3.67. The average molecular weight is 313 g/mol. The van der Waals surface area contributed by atoms with Gasteiger partial charge >= 0.3 is 5.97 Å². The van der Waals surface area contributed by atoms with Gasteiger partial charge in [-0.3, -0.25) is 0 Å². The van der Waals surface area contributed by atoms with Crippen LogP contribution in [0.2, 0.25) is 0 Å². The van der Waals surface area contributed by atoms with Crippen LogP contribution in [0.15, 0.2) is 27.2 Å². The molecular formula is C12H13BrN2O3. The van der Waals surface area contributed by atoms with Gasteiger partial charge < -0.3 is 14.9 Å². The molecule has 0 fully saturated rings. The zero-order valence-electron chi connectivity index (χ0n) is 9.98. The van der Waals surface area contributed by atoms with Crippen molar-refractivity contribution in [3.63, 3.8) is 0 Å². The SMILES string of the molecule is CC(C)[C@@H](Nc1noc2ccc(Br)cc12)C(=O)O. The first-order valence-corrected chi connectivity index (χ1v) is 6.32. The van der Waals surface area contributed by atoms with Crippen LogP contribution in [0.4, 0.5) is 5.82 Å². The maximum Gasteiger partial charge on any atom is 0.326 e. The van der Waals surface area contributed by atoms with Crippen molar-refractivity contribution in [2.24, 2.45) is 5.92 Å². The molecule has 1 atom stereocenters. The molecular weight excluding hydrogens is 300 g/mol. The molecule has 0 radical (unpaired) electrons. The van der Waals surface area contributed by atoms with E-state index in [9.17, 15) is 4.79 Å². The summed E-state index contributed by atoms with van der Waals surface area (Å²) < 4.78 is 6.02. The first kappa shape index (κ1) is 12.9. The number of anilines is 1. The number of carboxylic acid groups (broad SMARTS) is 1. The highest BCUT2D eigenvalue weighted by atomic mass is 79.9. The second kappa shape index (κ2) is 4.97. The van der Waals surface area contributed by atoms with Gasteiger partial charge in [-0.1, -0.05) is 34.9 Å². The number of aromatic nitrogens is 1. The molecule has 0 aliphatic rings. The predicted octanol–water partition coefficient (Wildman–Crippen LogP) is 3.11. The Labute approximate surface area is 112 Å². The van der Waals surface area contributed by atoms with Gasteiger partial charge in [0, 0.05) is 4.47 Å². The second-order valence-electron chi connectivity index (χ2n) is 4.38. The molecule has 2 aromatic rings. The summed E-state index contributed by atoms with van der Waals surface area (Å²) in [4.78, 5) is 11.1. The number of carboxylic acids is 1. The Hall–Kier alpha value is -1.56. The molecule has 1 aromatic carbocycles. The van der Waals surface area contributed by atoms with Gasteiger partial charge in [-0.15, -0.1) is 0 Å². The van der Waals surface area contributed by atoms with E-state index in [0.717, 1.165) is 9.86 Å². The highest BCUT2D eigenvalue weighted by molar-refractivity contribution is 9.10. The number of rotatable bonds is 4. The molecule has 6 heteroatoms. The van der Waals surface area contributed by atoms with Gasteiger partial charge in [0.2, 0.25) is 0 Å². The fourth-order valence-corrected chi connectivity index (χ4v) is 2.04. The highest BCUT2D eigenvalue weighted by Gasteiger charge is 2.23. The molecule has 2 N–H and O–H groups in total. The molecule has 0 aliphatic heterocycles. The van der Waals surface area contributed by atoms with Crippen LogP contribution < -0.4 is 5.32 Å². The van der Waals surface area contributed by atoms with Crippen molar-refractivity contribution in [3.05, 3.63) is 22.7 Å². The first-order chi connectivity index (χ1) is 8.49. The van der Waals surface area contributed by atoms with Crippen molar-refractivity contribution in [1.82, 2.24) is 5.16 Å². The lowest BCUT2D eigenvalue weighted by Gasteiger charge is -2.17. The fourth-order valence-electron chi connectivity index (χ4n) is 1.68. The molecule has 0 spiro atoms. The van der Waals surface area contributed by atoms with Crippen LogP contribution in [0.1, 0.15) is 13.8 Å². The smallest absolute Gasteiger partial charge is 0.326 e. The number of halogens is 1. The standard InChI is InChI=1S/C12H13BrN2O3/c1-6(2)10(12(16)17)14-11-8-5-7(13)3-4-9(8)18-15-11/h3-6,10H,1-2H3,(H,14,15)(H,16,17)/t10-/m1/s1. The zero-order valence-corrected chi connectivity index (χ0v) is 11.6. The number of fused-ring (bicyclic) bond motifs is 1. The summed E-state index contributed by atoms with van der Waals surface area (Å²) in [5.74, 6) is -0.509. The van der Waals surface area contributed by atoms with Gasteiger partial charge in [0.05, 0.1) is 5.39 Å². The fraction of sp³-hybridized carbons (Fsp3) is 0.333. The normalized spacial score (nSPS) is 12.9. The second-order valence-corrected chi connectivity index (χ2v) is 5.29. The van der Waals surface area contributed by atoms with E-state index in [2.05, 4.69) is 26.4 Å². The number of benzene rings is 1. The lowest BCUT2D eigenvalue weighted by atomic mass is 10.0. The van der Waals surface area contributed by atoms with E-state index in [1.165, 1.54) is 0 Å². The quantitative estimate of drug-likeness (QED) is 0.907. The minimum absolute atomic E-state index is 0.0543. The number of hydrogen-bond acceptors (Lipinski definition) is 4. The van der Waals surface area contributed by atoms with Crippen molar-refractivity contribution in [3.8, 4) is 0 Å². The molecule has 18 heavy (non-hydrogen) atoms. The number of carbonyl (C=O) groups is 1. The van der Waals surface area contributed by atoms with Crippen molar-refractivity contribution in [2.75, 3.05) is 5.32 Å². The van der Waals surface area contributed by atoms with Gasteiger partial charge in [0.15, 0.2) is 11.4 Å². The maximum atomic E-state index is 11.1. The molecule has 0 amide bonds. The predicted molar refractivity (Wildman–Crippen MR) is 71.6 cm³/mol. The molecule has 5 nitrogen and oxygen atoms in total. The first-order valence-electron chi connectivity index (χ1n) is 5.53. The zero-order chi connectivity index (χ0) is 13.3. The van der Waals surface area contributed by atoms with E-state index in [-0.39, 0.29) is 5.92 Å². The van der Waals surface area contributed by atoms with Gasteiger partial charge in [0.1, 0.15) is 6.04 Å². The molecule has 0 bridgehead atoms. The van der Waals surface area contributed by atoms with Crippen LogP contribution in [0.3, 0.4) is 0 Å². The maximum absolute atomic E-state index is 11.1. The molecule has 1 heterocycles. The number of nitrogens with one attached hydrogen (secondary N) is 1. The summed E-state index contributed by atoms with van der Waals surface area (Å²) in [6, 6.07) is 4.77. The number of hydrogen-bond donors (Lipinski definition) is 2. The Morgan fingerprint density at radius 2 is 2.22 bits per heavy atom. The minimum Gasteiger partial charge on any atom is -0.480 e. The van der Waals surface area contributed by atoms with Crippen LogP contribution >= 0.6 is 15.9 Å². The van der Waals surface area contributed by atoms with Crippen LogP contribution in [-0.2, 0) is 4.79 Å². The summed E-state index contributed by atoms with van der Waals surface area (Å²) in [6.07, 6.45) is 0. The van der Waals surface area contributed by atoms with Gasteiger partial charge in [-0.25, -0.2) is 4.79 Å². The molecule has 0 saturated carbocycles. The van der Waals surface area contributed by atoms with E-state index in [4.69, 9.17) is 9.63 Å². The van der Waals surface area contributed by atoms with Crippen molar-refractivity contribution in [1.29, 1.82) is 0 Å². The molecule has 1 aromatic heterocycles. The molecule has 0 unspecified atom stereocenters. The minimum atomic E-state index is -0.906. The van der Waals surface area contributed by atoms with E-state index in [1.54, 1.807) is 6.07 Å². The van der Waals surface area contributed by atoms with Crippen molar-refractivity contribution >= 4 is 38.7 Å². The number of aliphatic carboxylic acids is 1. The van der Waals surface area contributed by atoms with Gasteiger partial charge in [-0.05, 0) is 24.1 Å². The van der Waals surface area contributed by atoms with Crippen LogP contribution in [0.5, 0.6) is 0 Å². The third-order valence-electron chi connectivity index (χ3n) is 2.66. The van der Waals surface area contributed by atoms with E-state index in [1.807, 2.05) is 26.0 Å². The molecule has 0 saturated heterocycles. The topological polar surface area (TPSA) is 75.4 Å². The number of nitrogens with zero attached hydrogens (tertiary/aromatic N) is 1. The Balaban J connectivity index is 2.36. The van der Waals surface area contributed by atoms with E-state index < -0.39 is 12.0 Å². The summed E-state index contributed by atoms with van der Waals surface area (Å²) in [5, 5.41) is 16.7. The monoisotopic (exact) mass is 312 g/mol. The van der Waals surface area contributed by atoms with Crippen molar-refractivity contribution in [2.45, 2.75) is 19.9 Å². The van der Waals surface area contributed by atoms with E-state index >= 15 is 0 Å². The van der Waals surface area contributed by atoms with Gasteiger partial charge in [0.25, 0.3) is 0 Å². The Morgan fingerprint density at radius 3 is 2.83 bits per heavy atom. The Morgan fingerprint density at radius 1 is 1.50 bits per heavy atom. The lowest BCUT2D eigenvalue weighted by Crippen LogP contribution is -2.34. The highest BCUT2D eigenvalue weighted by Crippen LogP contribution is 2.27. The Kier molecular flexibility index (Phi) is 3.56. The Bertz CT molecular complexity index is 580. The van der Waals surface area contributed by atoms with Crippen LogP contribution in [-0.4, -0.2) is 22.3 Å². The van der Waals surface area contributed by atoms with Gasteiger partial charge in [-0.2, -0.15) is 0 Å². The third-order valence-corrected chi connectivity index (χ3v) is 3.15. The molecule has 2 rings (SSSR count). The summed E-state index contributed by atoms with van der Waals surface area (Å²) in [5.41, 5.74) is 0.619. The lowest BCUT2D eigenvalue weighted by molar-refractivity contribution is -0.138. The van der Waals surface area contributed by atoms with E-state index in [0.29, 0.717) is 11.4 Å². The largest absolute Gasteiger partial charge is 0.480 e. The van der Waals surface area contributed by atoms with Crippen molar-refractivity contribution < 1.29 is 14.4 Å². The summed E-state index contributed by atoms with van der Waals surface area (Å²) in [7, 11) is 0.